The fourth-order valence-corrected chi connectivity index (χ4v) is 5.67. The molecule has 3 amide bonds. The van der Waals surface area contributed by atoms with Crippen molar-refractivity contribution in [1.82, 2.24) is 19.9 Å². The molecule has 41 heavy (non-hydrogen) atoms. The molecule has 3 N–H and O–H groups in total. The lowest BCUT2D eigenvalue weighted by Crippen LogP contribution is -2.60. The summed E-state index contributed by atoms with van der Waals surface area (Å²) in [7, 11) is -2.67. The summed E-state index contributed by atoms with van der Waals surface area (Å²) in [6, 6.07) is 19.2. The van der Waals surface area contributed by atoms with Crippen molar-refractivity contribution in [2.24, 2.45) is 0 Å². The van der Waals surface area contributed by atoms with Gasteiger partial charge in [-0.3, -0.25) is 14.4 Å². The summed E-state index contributed by atoms with van der Waals surface area (Å²) in [6.45, 7) is 6.92. The molecule has 0 aliphatic heterocycles. The lowest BCUT2D eigenvalue weighted by atomic mass is 9.98. The number of amides is 3. The number of carbonyl (C=O) groups excluding carboxylic acids is 3. The van der Waals surface area contributed by atoms with Crippen LogP contribution in [0.2, 0.25) is 0 Å². The number of nitrogens with one attached hydrogen (secondary N) is 3. The fourth-order valence-electron chi connectivity index (χ4n) is 4.62. The monoisotopic (exact) mass is 574 g/mol. The van der Waals surface area contributed by atoms with Gasteiger partial charge in [0.1, 0.15) is 11.6 Å². The zero-order valence-corrected chi connectivity index (χ0v) is 24.5. The van der Waals surface area contributed by atoms with Crippen molar-refractivity contribution < 1.29 is 22.8 Å². The second kappa shape index (κ2) is 11.6. The van der Waals surface area contributed by atoms with E-state index in [0.717, 1.165) is 27.6 Å². The number of carbonyl (C=O) groups is 3. The molecule has 9 nitrogen and oxygen atoms in total. The highest BCUT2D eigenvalue weighted by molar-refractivity contribution is 7.90. The van der Waals surface area contributed by atoms with Crippen molar-refractivity contribution in [2.75, 3.05) is 7.05 Å². The van der Waals surface area contributed by atoms with Crippen LogP contribution in [-0.4, -0.2) is 54.7 Å². The Morgan fingerprint density at radius 3 is 2.20 bits per heavy atom. The first kappa shape index (κ1) is 29.5. The summed E-state index contributed by atoms with van der Waals surface area (Å²) in [5, 5.41) is 3.56. The Bertz CT molecular complexity index is 1690. The van der Waals surface area contributed by atoms with E-state index in [1.54, 1.807) is 50.4 Å². The molecular formula is C31H34N4O5S. The number of rotatable bonds is 9. The lowest BCUT2D eigenvalue weighted by molar-refractivity contribution is -0.133. The van der Waals surface area contributed by atoms with Crippen LogP contribution in [0.1, 0.15) is 40.9 Å². The van der Waals surface area contributed by atoms with Crippen LogP contribution in [-0.2, 0) is 26.0 Å². The summed E-state index contributed by atoms with van der Waals surface area (Å²) < 4.78 is 28.0. The van der Waals surface area contributed by atoms with E-state index in [1.165, 1.54) is 24.1 Å². The molecule has 214 valence electrons. The van der Waals surface area contributed by atoms with Crippen molar-refractivity contribution in [3.63, 3.8) is 0 Å². The number of nitrogens with zero attached hydrogens (tertiary/aromatic N) is 1. The van der Waals surface area contributed by atoms with Crippen molar-refractivity contribution >= 4 is 38.6 Å². The molecule has 0 unspecified atom stereocenters. The third kappa shape index (κ3) is 6.49. The van der Waals surface area contributed by atoms with E-state index >= 15 is 0 Å². The SMILES string of the molecule is Cc1cc(C)cc(C(=O)N(C)C(C)(C)C(=O)N[C@@H](Cc2c[nH]c3ccccc23)C(=O)NS(=O)(=O)c2ccccc2)c1. The minimum atomic E-state index is -4.19. The molecule has 4 aromatic rings. The molecule has 3 aromatic carbocycles. The van der Waals surface area contributed by atoms with Gasteiger partial charge in [0.15, 0.2) is 0 Å². The fraction of sp³-hybridized carbons (Fsp3) is 0.258. The highest BCUT2D eigenvalue weighted by atomic mass is 32.2. The van der Waals surface area contributed by atoms with E-state index in [1.807, 2.05) is 44.2 Å². The smallest absolute Gasteiger partial charge is 0.264 e. The van der Waals surface area contributed by atoms with Gasteiger partial charge >= 0.3 is 0 Å². The molecule has 0 aliphatic carbocycles. The van der Waals surface area contributed by atoms with Gasteiger partial charge in [-0.05, 0) is 63.6 Å². The Hall–Kier alpha value is -4.44. The average Bonchev–Trinajstić information content (AvgIpc) is 3.34. The maximum absolute atomic E-state index is 13.7. The summed E-state index contributed by atoms with van der Waals surface area (Å²) in [6.07, 6.45) is 1.74. The molecule has 0 radical (unpaired) electrons. The van der Waals surface area contributed by atoms with E-state index in [4.69, 9.17) is 0 Å². The number of aryl methyl sites for hydroxylation is 2. The van der Waals surface area contributed by atoms with E-state index < -0.39 is 33.4 Å². The van der Waals surface area contributed by atoms with Crippen LogP contribution in [0.3, 0.4) is 0 Å². The predicted octanol–water partition coefficient (Wildman–Crippen LogP) is 3.87. The number of sulfonamides is 1. The Morgan fingerprint density at radius 2 is 1.54 bits per heavy atom. The Balaban J connectivity index is 1.62. The van der Waals surface area contributed by atoms with Gasteiger partial charge in [0.2, 0.25) is 5.91 Å². The largest absolute Gasteiger partial charge is 0.361 e. The Morgan fingerprint density at radius 1 is 0.927 bits per heavy atom. The van der Waals surface area contributed by atoms with Gasteiger partial charge in [-0.15, -0.1) is 0 Å². The van der Waals surface area contributed by atoms with Gasteiger partial charge in [-0.25, -0.2) is 13.1 Å². The lowest BCUT2D eigenvalue weighted by Gasteiger charge is -2.35. The molecule has 4 rings (SSSR count). The molecule has 1 heterocycles. The number of para-hydroxylation sites is 1. The Kier molecular flexibility index (Phi) is 8.34. The number of hydrogen-bond donors (Lipinski definition) is 3. The first-order valence-electron chi connectivity index (χ1n) is 13.1. The first-order valence-corrected chi connectivity index (χ1v) is 14.6. The zero-order chi connectivity index (χ0) is 29.9. The van der Waals surface area contributed by atoms with Crippen molar-refractivity contribution in [3.05, 3.63) is 101 Å². The average molecular weight is 575 g/mol. The van der Waals surface area contributed by atoms with E-state index in [9.17, 15) is 22.8 Å². The quantitative estimate of drug-likeness (QED) is 0.280. The van der Waals surface area contributed by atoms with Gasteiger partial charge in [0.05, 0.1) is 4.90 Å². The first-order chi connectivity index (χ1) is 19.3. The predicted molar refractivity (Wildman–Crippen MR) is 158 cm³/mol. The third-order valence-corrected chi connectivity index (χ3v) is 8.54. The number of likely N-dealkylation sites (N-methyl/N-ethyl adjacent to an activating group) is 1. The van der Waals surface area contributed by atoms with Crippen molar-refractivity contribution in [1.29, 1.82) is 0 Å². The molecule has 1 atom stereocenters. The van der Waals surface area contributed by atoms with Gasteiger partial charge in [-0.2, -0.15) is 0 Å². The number of hydrogen-bond acceptors (Lipinski definition) is 5. The van der Waals surface area contributed by atoms with E-state index in [2.05, 4.69) is 15.0 Å². The topological polar surface area (TPSA) is 128 Å². The molecule has 1 aromatic heterocycles. The van der Waals surface area contributed by atoms with Gasteiger partial charge < -0.3 is 15.2 Å². The van der Waals surface area contributed by atoms with Crippen molar-refractivity contribution in [2.45, 2.75) is 50.6 Å². The van der Waals surface area contributed by atoms with Crippen LogP contribution >= 0.6 is 0 Å². The minimum Gasteiger partial charge on any atom is -0.361 e. The van der Waals surface area contributed by atoms with Gasteiger partial charge in [0.25, 0.3) is 21.8 Å². The molecule has 0 bridgehead atoms. The number of aromatic nitrogens is 1. The summed E-state index contributed by atoms with van der Waals surface area (Å²) in [5.74, 6) is -1.87. The standard InChI is InChI=1S/C31H34N4O5S/c1-20-15-21(2)17-22(16-20)29(37)35(5)31(3,4)30(38)33-27(18-23-19-32-26-14-10-9-13-25(23)26)28(36)34-41(39,40)24-11-7-6-8-12-24/h6-17,19,27,32H,18H2,1-5H3,(H,33,38)(H,34,36)/t27-/m0/s1. The van der Waals surface area contributed by atoms with Gasteiger partial charge in [0, 0.05) is 36.1 Å². The second-order valence-corrected chi connectivity index (χ2v) is 12.4. The minimum absolute atomic E-state index is 0.0106. The van der Waals surface area contributed by atoms with Crippen LogP contribution < -0.4 is 10.0 Å². The molecule has 0 aliphatic rings. The number of aromatic amines is 1. The molecule has 0 spiro atoms. The number of benzene rings is 3. The maximum atomic E-state index is 13.7. The summed E-state index contributed by atoms with van der Waals surface area (Å²) in [5.41, 5.74) is 2.44. The second-order valence-electron chi connectivity index (χ2n) is 10.7. The summed E-state index contributed by atoms with van der Waals surface area (Å²) in [4.78, 5) is 44.9. The highest BCUT2D eigenvalue weighted by Crippen LogP contribution is 2.22. The zero-order valence-electron chi connectivity index (χ0n) is 23.7. The third-order valence-electron chi connectivity index (χ3n) is 7.18. The number of H-pyrrole nitrogens is 1. The molecule has 0 saturated heterocycles. The highest BCUT2D eigenvalue weighted by Gasteiger charge is 2.38. The molecule has 0 fully saturated rings. The number of fused-ring (bicyclic) bond motifs is 1. The van der Waals surface area contributed by atoms with Crippen LogP contribution in [0.4, 0.5) is 0 Å². The Labute approximate surface area is 240 Å². The molecule has 10 heteroatoms. The maximum Gasteiger partial charge on any atom is 0.264 e. The van der Waals surface area contributed by atoms with Crippen LogP contribution in [0.15, 0.2) is 83.9 Å². The van der Waals surface area contributed by atoms with Crippen molar-refractivity contribution in [3.8, 4) is 0 Å². The van der Waals surface area contributed by atoms with Gasteiger partial charge in [-0.1, -0.05) is 53.6 Å². The summed E-state index contributed by atoms with van der Waals surface area (Å²) >= 11 is 0. The van der Waals surface area contributed by atoms with E-state index in [0.29, 0.717) is 5.56 Å². The van der Waals surface area contributed by atoms with E-state index in [-0.39, 0.29) is 17.2 Å². The van der Waals surface area contributed by atoms with Crippen LogP contribution in [0.5, 0.6) is 0 Å². The van der Waals surface area contributed by atoms with Crippen LogP contribution in [0, 0.1) is 13.8 Å². The molecular weight excluding hydrogens is 540 g/mol. The normalized spacial score (nSPS) is 12.5. The molecule has 0 saturated carbocycles. The van der Waals surface area contributed by atoms with Crippen LogP contribution in [0.25, 0.3) is 10.9 Å².